The number of fused-ring (bicyclic) bond motifs is 1. The first-order valence-electron chi connectivity index (χ1n) is 7.16. The van der Waals surface area contributed by atoms with Crippen LogP contribution in [0.25, 0.3) is 16.9 Å². The Labute approximate surface area is 138 Å². The molecule has 7 heteroatoms. The number of thiol groups is 1. The van der Waals surface area contributed by atoms with Crippen molar-refractivity contribution in [2.24, 2.45) is 0 Å². The van der Waals surface area contributed by atoms with Crippen LogP contribution in [0.4, 0.5) is 5.69 Å². The highest BCUT2D eigenvalue weighted by molar-refractivity contribution is 7.80. The Bertz CT molecular complexity index is 926. The van der Waals surface area contributed by atoms with Gasteiger partial charge in [0.1, 0.15) is 6.07 Å². The Hall–Kier alpha value is -2.56. The van der Waals surface area contributed by atoms with Gasteiger partial charge in [-0.1, -0.05) is 0 Å². The highest BCUT2D eigenvalue weighted by Crippen LogP contribution is 2.28. The summed E-state index contributed by atoms with van der Waals surface area (Å²) in [4.78, 5) is 5.24. The average molecular weight is 323 g/mol. The number of hydrogen-bond acceptors (Lipinski definition) is 6. The number of nitrogens with one attached hydrogen (secondary N) is 1. The number of pyridine rings is 1. The molecule has 23 heavy (non-hydrogen) atoms. The van der Waals surface area contributed by atoms with E-state index < -0.39 is 0 Å². The van der Waals surface area contributed by atoms with Crippen LogP contribution in [0.5, 0.6) is 0 Å². The summed E-state index contributed by atoms with van der Waals surface area (Å²) in [6.07, 6.45) is 3.28. The quantitative estimate of drug-likeness (QED) is 0.724. The summed E-state index contributed by atoms with van der Waals surface area (Å²) in [5.74, 6) is 0. The molecule has 0 spiro atoms. The van der Waals surface area contributed by atoms with Crippen LogP contribution in [0.1, 0.15) is 5.56 Å². The normalized spacial score (nSPS) is 14.4. The Morgan fingerprint density at radius 2 is 2.17 bits per heavy atom. The fourth-order valence-electron chi connectivity index (χ4n) is 2.50. The van der Waals surface area contributed by atoms with E-state index in [-0.39, 0.29) is 0 Å². The van der Waals surface area contributed by atoms with Gasteiger partial charge in [-0.25, -0.2) is 4.52 Å². The molecule has 0 atom stereocenters. The SMILES string of the molecule is N#Cc1cnn2c(-c3cc(NC4COC4)c(S)cn3)ccc2c1. The van der Waals surface area contributed by atoms with Crippen molar-refractivity contribution in [2.75, 3.05) is 18.5 Å². The van der Waals surface area contributed by atoms with Crippen molar-refractivity contribution in [3.8, 4) is 17.5 Å². The van der Waals surface area contributed by atoms with Gasteiger partial charge in [-0.15, -0.1) is 12.6 Å². The lowest BCUT2D eigenvalue weighted by Gasteiger charge is -2.28. The third kappa shape index (κ3) is 2.52. The molecular weight excluding hydrogens is 310 g/mol. The zero-order chi connectivity index (χ0) is 15.8. The van der Waals surface area contributed by atoms with Crippen LogP contribution in [0.15, 0.2) is 41.6 Å². The van der Waals surface area contributed by atoms with Crippen LogP contribution in [-0.4, -0.2) is 33.9 Å². The Morgan fingerprint density at radius 1 is 1.30 bits per heavy atom. The molecule has 114 valence electrons. The minimum atomic E-state index is 0.316. The van der Waals surface area contributed by atoms with E-state index in [0.717, 1.165) is 27.5 Å². The van der Waals surface area contributed by atoms with Gasteiger partial charge in [-0.2, -0.15) is 10.4 Å². The second kappa shape index (κ2) is 5.57. The van der Waals surface area contributed by atoms with Crippen LogP contribution < -0.4 is 5.32 Å². The van der Waals surface area contributed by atoms with E-state index in [2.05, 4.69) is 34.1 Å². The second-order valence-corrected chi connectivity index (χ2v) is 5.86. The van der Waals surface area contributed by atoms with Crippen LogP contribution in [0, 0.1) is 11.3 Å². The summed E-state index contributed by atoms with van der Waals surface area (Å²) >= 11 is 4.46. The zero-order valence-electron chi connectivity index (χ0n) is 12.1. The molecule has 4 heterocycles. The van der Waals surface area contributed by atoms with Crippen LogP contribution in [-0.2, 0) is 4.74 Å². The minimum Gasteiger partial charge on any atom is -0.377 e. The number of ether oxygens (including phenoxy) is 1. The van der Waals surface area contributed by atoms with Gasteiger partial charge in [0.05, 0.1) is 53.6 Å². The third-order valence-corrected chi connectivity index (χ3v) is 4.13. The third-order valence-electron chi connectivity index (χ3n) is 3.77. The van der Waals surface area contributed by atoms with Gasteiger partial charge < -0.3 is 10.1 Å². The lowest BCUT2D eigenvalue weighted by Crippen LogP contribution is -2.40. The van der Waals surface area contributed by atoms with Crippen LogP contribution in [0.2, 0.25) is 0 Å². The van der Waals surface area contributed by atoms with Gasteiger partial charge in [-0.05, 0) is 24.3 Å². The van der Waals surface area contributed by atoms with E-state index in [0.29, 0.717) is 24.8 Å². The topological polar surface area (TPSA) is 75.2 Å². The first kappa shape index (κ1) is 14.1. The number of nitriles is 1. The summed E-state index contributed by atoms with van der Waals surface area (Å²) in [5, 5.41) is 16.7. The molecule has 1 saturated heterocycles. The molecule has 3 aromatic rings. The highest BCUT2D eigenvalue weighted by atomic mass is 32.1. The first-order chi connectivity index (χ1) is 11.2. The van der Waals surface area contributed by atoms with Gasteiger partial charge in [0.25, 0.3) is 0 Å². The molecule has 1 aliphatic rings. The zero-order valence-corrected chi connectivity index (χ0v) is 13.0. The number of hydrogen-bond donors (Lipinski definition) is 2. The van der Waals surface area contributed by atoms with E-state index in [1.807, 2.05) is 18.2 Å². The van der Waals surface area contributed by atoms with E-state index >= 15 is 0 Å². The summed E-state index contributed by atoms with van der Waals surface area (Å²) in [6.45, 7) is 1.41. The molecule has 0 radical (unpaired) electrons. The number of nitrogens with zero attached hydrogens (tertiary/aromatic N) is 4. The Balaban J connectivity index is 1.75. The molecule has 0 unspecified atom stereocenters. The predicted molar refractivity (Wildman–Crippen MR) is 88.6 cm³/mol. The Morgan fingerprint density at radius 3 is 2.91 bits per heavy atom. The molecule has 0 amide bonds. The molecule has 1 N–H and O–H groups in total. The molecule has 0 saturated carbocycles. The van der Waals surface area contributed by atoms with Crippen molar-refractivity contribution in [2.45, 2.75) is 10.9 Å². The number of rotatable bonds is 3. The highest BCUT2D eigenvalue weighted by Gasteiger charge is 2.19. The van der Waals surface area contributed by atoms with Gasteiger partial charge in [0, 0.05) is 11.1 Å². The minimum absolute atomic E-state index is 0.316. The maximum absolute atomic E-state index is 8.96. The Kier molecular flexibility index (Phi) is 3.41. The molecule has 0 aliphatic carbocycles. The van der Waals surface area contributed by atoms with Crippen LogP contribution >= 0.6 is 12.6 Å². The monoisotopic (exact) mass is 323 g/mol. The van der Waals surface area contributed by atoms with Crippen molar-refractivity contribution < 1.29 is 4.74 Å². The molecule has 4 rings (SSSR count). The number of aromatic nitrogens is 3. The molecular formula is C16H13N5OS. The van der Waals surface area contributed by atoms with Crippen molar-refractivity contribution in [3.05, 3.63) is 42.2 Å². The fourth-order valence-corrected chi connectivity index (χ4v) is 2.68. The fraction of sp³-hybridized carbons (Fsp3) is 0.188. The molecule has 0 bridgehead atoms. The summed E-state index contributed by atoms with van der Waals surface area (Å²) in [5.41, 5.74) is 3.98. The second-order valence-electron chi connectivity index (χ2n) is 5.38. The maximum Gasteiger partial charge on any atom is 0.101 e. The van der Waals surface area contributed by atoms with Crippen molar-refractivity contribution in [1.82, 2.24) is 14.6 Å². The van der Waals surface area contributed by atoms with Gasteiger partial charge in [0.2, 0.25) is 0 Å². The molecule has 6 nitrogen and oxygen atoms in total. The van der Waals surface area contributed by atoms with E-state index in [9.17, 15) is 0 Å². The van der Waals surface area contributed by atoms with Gasteiger partial charge in [-0.3, -0.25) is 4.98 Å². The predicted octanol–water partition coefficient (Wildman–Crippen LogP) is 2.37. The largest absolute Gasteiger partial charge is 0.377 e. The molecule has 3 aromatic heterocycles. The van der Waals surface area contributed by atoms with E-state index in [1.165, 1.54) is 0 Å². The summed E-state index contributed by atoms with van der Waals surface area (Å²) < 4.78 is 6.96. The summed E-state index contributed by atoms with van der Waals surface area (Å²) in [7, 11) is 0. The summed E-state index contributed by atoms with van der Waals surface area (Å²) in [6, 6.07) is 10.0. The smallest absolute Gasteiger partial charge is 0.101 e. The van der Waals surface area contributed by atoms with Gasteiger partial charge in [0.15, 0.2) is 0 Å². The molecule has 1 fully saturated rings. The first-order valence-corrected chi connectivity index (χ1v) is 7.61. The van der Waals surface area contributed by atoms with Crippen molar-refractivity contribution in [1.29, 1.82) is 5.26 Å². The standard InChI is InChI=1S/C16H13N5OS/c17-5-10-3-12-1-2-15(21(12)19-6-10)13-4-14(16(23)7-18-13)20-11-8-22-9-11/h1-4,6-7,11,23H,8-9H2,(H,18,20). The van der Waals surface area contributed by atoms with E-state index in [4.69, 9.17) is 10.00 Å². The average Bonchev–Trinajstić information content (AvgIpc) is 2.95. The van der Waals surface area contributed by atoms with Crippen molar-refractivity contribution >= 4 is 23.8 Å². The lowest BCUT2D eigenvalue weighted by molar-refractivity contribution is 0.0210. The van der Waals surface area contributed by atoms with Crippen molar-refractivity contribution in [3.63, 3.8) is 0 Å². The maximum atomic E-state index is 8.96. The van der Waals surface area contributed by atoms with E-state index in [1.54, 1.807) is 23.0 Å². The number of anilines is 1. The lowest BCUT2D eigenvalue weighted by atomic mass is 10.2. The van der Waals surface area contributed by atoms with Gasteiger partial charge >= 0.3 is 0 Å². The molecule has 0 aromatic carbocycles. The molecule has 1 aliphatic heterocycles. The van der Waals surface area contributed by atoms with Crippen LogP contribution in [0.3, 0.4) is 0 Å².